The topological polar surface area (TPSA) is 88.0 Å². The van der Waals surface area contributed by atoms with Crippen LogP contribution in [0.3, 0.4) is 0 Å². The fraction of sp³-hybridized carbons (Fsp3) is 0.500. The summed E-state index contributed by atoms with van der Waals surface area (Å²) in [4.78, 5) is 4.89. The number of aliphatic hydroxyl groups is 1. The first-order valence-electron chi connectivity index (χ1n) is 11.0. The smallest absolute Gasteiger partial charge is 0.143 e. The van der Waals surface area contributed by atoms with Crippen molar-refractivity contribution in [2.75, 3.05) is 54.6 Å². The molecule has 0 saturated carbocycles. The van der Waals surface area contributed by atoms with Crippen LogP contribution in [0.4, 0.5) is 22.7 Å². The van der Waals surface area contributed by atoms with Crippen molar-refractivity contribution in [2.24, 2.45) is 11.8 Å². The number of ether oxygens (including phenoxy) is 1. The van der Waals surface area contributed by atoms with E-state index in [1.807, 2.05) is 18.2 Å². The van der Waals surface area contributed by atoms with Gasteiger partial charge in [-0.1, -0.05) is 0 Å². The lowest BCUT2D eigenvalue weighted by Crippen LogP contribution is -2.41. The highest BCUT2D eigenvalue weighted by molar-refractivity contribution is 5.62. The minimum absolute atomic E-state index is 0.00536. The van der Waals surface area contributed by atoms with Crippen LogP contribution in [0.15, 0.2) is 36.4 Å². The van der Waals surface area contributed by atoms with Crippen molar-refractivity contribution in [1.82, 2.24) is 0 Å². The highest BCUT2D eigenvalue weighted by atomic mass is 16.5. The van der Waals surface area contributed by atoms with Crippen LogP contribution in [0.5, 0.6) is 5.75 Å². The molecule has 2 heterocycles. The second-order valence-electron chi connectivity index (χ2n) is 8.62. The number of rotatable bonds is 5. The van der Waals surface area contributed by atoms with Crippen LogP contribution in [0.25, 0.3) is 0 Å². The van der Waals surface area contributed by atoms with E-state index in [0.717, 1.165) is 49.3 Å². The van der Waals surface area contributed by atoms with E-state index in [-0.39, 0.29) is 6.61 Å². The lowest BCUT2D eigenvalue weighted by atomic mass is 9.78. The molecule has 6 heteroatoms. The molecule has 2 aliphatic rings. The SMILES string of the molecule is COc1cc(N2CCC(C3CCN(c4ccc(N)c(CO)c4)CC3)CC2)ccc1N. The summed E-state index contributed by atoms with van der Waals surface area (Å²) in [6, 6.07) is 12.1. The first-order valence-corrected chi connectivity index (χ1v) is 11.0. The molecule has 0 atom stereocenters. The van der Waals surface area contributed by atoms with Gasteiger partial charge in [-0.2, -0.15) is 0 Å². The van der Waals surface area contributed by atoms with Crippen molar-refractivity contribution in [3.63, 3.8) is 0 Å². The number of methoxy groups -OCH3 is 1. The molecule has 162 valence electrons. The number of hydrogen-bond donors (Lipinski definition) is 3. The van der Waals surface area contributed by atoms with E-state index in [1.165, 1.54) is 37.1 Å². The lowest BCUT2D eigenvalue weighted by molar-refractivity contribution is 0.233. The minimum atomic E-state index is -0.00536. The molecular formula is C24H34N4O2. The molecule has 0 bridgehead atoms. The van der Waals surface area contributed by atoms with Gasteiger partial charge < -0.3 is 31.1 Å². The van der Waals surface area contributed by atoms with Crippen molar-refractivity contribution in [1.29, 1.82) is 0 Å². The number of piperidine rings is 2. The molecule has 2 aromatic carbocycles. The first kappa shape index (κ1) is 20.7. The first-order chi connectivity index (χ1) is 14.6. The fourth-order valence-corrected chi connectivity index (χ4v) is 5.08. The van der Waals surface area contributed by atoms with Crippen LogP contribution in [0, 0.1) is 11.8 Å². The van der Waals surface area contributed by atoms with Crippen molar-refractivity contribution in [3.8, 4) is 5.75 Å². The van der Waals surface area contributed by atoms with E-state index < -0.39 is 0 Å². The number of nitrogens with zero attached hydrogens (tertiary/aromatic N) is 2. The van der Waals surface area contributed by atoms with Crippen LogP contribution in [0.2, 0.25) is 0 Å². The van der Waals surface area contributed by atoms with Crippen LogP contribution in [-0.4, -0.2) is 38.4 Å². The van der Waals surface area contributed by atoms with Crippen molar-refractivity contribution in [3.05, 3.63) is 42.0 Å². The largest absolute Gasteiger partial charge is 0.495 e. The van der Waals surface area contributed by atoms with E-state index in [4.69, 9.17) is 16.2 Å². The van der Waals surface area contributed by atoms with Gasteiger partial charge in [0.15, 0.2) is 0 Å². The summed E-state index contributed by atoms with van der Waals surface area (Å²) in [7, 11) is 1.67. The lowest BCUT2D eigenvalue weighted by Gasteiger charge is -2.41. The summed E-state index contributed by atoms with van der Waals surface area (Å²) in [5, 5.41) is 9.48. The van der Waals surface area contributed by atoms with E-state index >= 15 is 0 Å². The molecule has 0 aliphatic carbocycles. The zero-order valence-electron chi connectivity index (χ0n) is 17.9. The Labute approximate surface area is 179 Å². The third kappa shape index (κ3) is 4.29. The zero-order chi connectivity index (χ0) is 21.1. The molecule has 0 amide bonds. The zero-order valence-corrected chi connectivity index (χ0v) is 17.9. The molecule has 0 radical (unpaired) electrons. The molecule has 2 aromatic rings. The quantitative estimate of drug-likeness (QED) is 0.654. The molecule has 30 heavy (non-hydrogen) atoms. The van der Waals surface area contributed by atoms with Gasteiger partial charge in [0.05, 0.1) is 19.4 Å². The number of aliphatic hydroxyl groups excluding tert-OH is 1. The van der Waals surface area contributed by atoms with E-state index in [2.05, 4.69) is 28.0 Å². The van der Waals surface area contributed by atoms with Crippen molar-refractivity contribution in [2.45, 2.75) is 32.3 Å². The molecule has 0 unspecified atom stereocenters. The number of benzene rings is 2. The molecule has 4 rings (SSSR count). The molecule has 0 aromatic heterocycles. The number of hydrogen-bond acceptors (Lipinski definition) is 6. The Kier molecular flexibility index (Phi) is 6.23. The maximum absolute atomic E-state index is 9.48. The monoisotopic (exact) mass is 410 g/mol. The Hall–Kier alpha value is -2.60. The van der Waals surface area contributed by atoms with Gasteiger partial charge in [-0.15, -0.1) is 0 Å². The number of anilines is 4. The molecule has 2 fully saturated rings. The average molecular weight is 411 g/mol. The summed E-state index contributed by atoms with van der Waals surface area (Å²) in [6.45, 7) is 4.34. The van der Waals surface area contributed by atoms with Gasteiger partial charge in [0.25, 0.3) is 0 Å². The predicted molar refractivity (Wildman–Crippen MR) is 124 cm³/mol. The van der Waals surface area contributed by atoms with E-state index in [9.17, 15) is 5.11 Å². The van der Waals surface area contributed by atoms with E-state index in [0.29, 0.717) is 11.4 Å². The van der Waals surface area contributed by atoms with Gasteiger partial charge in [0, 0.05) is 54.9 Å². The fourth-order valence-electron chi connectivity index (χ4n) is 5.08. The van der Waals surface area contributed by atoms with Gasteiger partial charge in [-0.05, 0) is 67.9 Å². The van der Waals surface area contributed by atoms with Gasteiger partial charge in [-0.3, -0.25) is 0 Å². The van der Waals surface area contributed by atoms with Crippen molar-refractivity contribution < 1.29 is 9.84 Å². The second kappa shape index (κ2) is 9.04. The molecular weight excluding hydrogens is 376 g/mol. The maximum atomic E-state index is 9.48. The Morgan fingerprint density at radius 2 is 1.33 bits per heavy atom. The van der Waals surface area contributed by atoms with Crippen LogP contribution in [-0.2, 0) is 6.61 Å². The van der Waals surface area contributed by atoms with Crippen LogP contribution < -0.4 is 26.0 Å². The van der Waals surface area contributed by atoms with Crippen LogP contribution >= 0.6 is 0 Å². The normalized spacial score (nSPS) is 18.6. The molecule has 6 nitrogen and oxygen atoms in total. The highest BCUT2D eigenvalue weighted by Gasteiger charge is 2.30. The predicted octanol–water partition coefficient (Wildman–Crippen LogP) is 3.48. The maximum Gasteiger partial charge on any atom is 0.143 e. The Balaban J connectivity index is 1.30. The minimum Gasteiger partial charge on any atom is -0.495 e. The summed E-state index contributed by atoms with van der Waals surface area (Å²) in [5.41, 5.74) is 16.5. The number of nitrogen functional groups attached to an aromatic ring is 2. The Morgan fingerprint density at radius 3 is 1.83 bits per heavy atom. The van der Waals surface area contributed by atoms with Gasteiger partial charge in [-0.25, -0.2) is 0 Å². The molecule has 2 aliphatic heterocycles. The summed E-state index contributed by atoms with van der Waals surface area (Å²) in [5.74, 6) is 2.36. The molecule has 0 spiro atoms. The Morgan fingerprint density at radius 1 is 0.833 bits per heavy atom. The average Bonchev–Trinajstić information content (AvgIpc) is 2.80. The standard InChI is InChI=1S/C24H34N4O2/c1-30-24-15-21(3-5-23(24)26)28-12-8-18(9-13-28)17-6-10-27(11-7-17)20-2-4-22(25)19(14-20)16-29/h2-5,14-15,17-18,29H,6-13,16,25-26H2,1H3. The van der Waals surface area contributed by atoms with Crippen molar-refractivity contribution >= 4 is 22.7 Å². The summed E-state index contributed by atoms with van der Waals surface area (Å²) >= 11 is 0. The summed E-state index contributed by atoms with van der Waals surface area (Å²) < 4.78 is 5.38. The summed E-state index contributed by atoms with van der Waals surface area (Å²) in [6.07, 6.45) is 4.96. The highest BCUT2D eigenvalue weighted by Crippen LogP contribution is 2.36. The van der Waals surface area contributed by atoms with Gasteiger partial charge in [0.1, 0.15) is 5.75 Å². The van der Waals surface area contributed by atoms with E-state index in [1.54, 1.807) is 7.11 Å². The van der Waals surface area contributed by atoms with Crippen LogP contribution in [0.1, 0.15) is 31.2 Å². The molecule has 5 N–H and O–H groups in total. The number of nitrogens with two attached hydrogens (primary N) is 2. The second-order valence-corrected chi connectivity index (χ2v) is 8.62. The van der Waals surface area contributed by atoms with Gasteiger partial charge >= 0.3 is 0 Å². The Bertz CT molecular complexity index is 785. The third-order valence-corrected chi connectivity index (χ3v) is 6.99. The van der Waals surface area contributed by atoms with Gasteiger partial charge in [0.2, 0.25) is 0 Å². The third-order valence-electron chi connectivity index (χ3n) is 6.99. The molecule has 2 saturated heterocycles.